The van der Waals surface area contributed by atoms with E-state index in [4.69, 9.17) is 9.47 Å². The number of methoxy groups -OCH3 is 1. The Hall–Kier alpha value is -3.02. The predicted octanol–water partition coefficient (Wildman–Crippen LogP) is 3.53. The zero-order chi connectivity index (χ0) is 17.9. The van der Waals surface area contributed by atoms with Gasteiger partial charge in [-0.1, -0.05) is 30.8 Å². The highest BCUT2D eigenvalue weighted by molar-refractivity contribution is 6.01. The van der Waals surface area contributed by atoms with Gasteiger partial charge in [-0.25, -0.2) is 9.59 Å². The molecule has 0 fully saturated rings. The summed E-state index contributed by atoms with van der Waals surface area (Å²) in [5.41, 5.74) is 0.876. The van der Waals surface area contributed by atoms with Crippen molar-refractivity contribution in [3.05, 3.63) is 42.5 Å². The Bertz CT molecular complexity index is 810. The van der Waals surface area contributed by atoms with Crippen LogP contribution in [0.3, 0.4) is 0 Å². The first-order valence-electron chi connectivity index (χ1n) is 7.21. The molecule has 0 radical (unpaired) electrons. The van der Waals surface area contributed by atoms with Crippen molar-refractivity contribution >= 4 is 28.6 Å². The second-order valence-electron chi connectivity index (χ2n) is 5.39. The van der Waals surface area contributed by atoms with Crippen LogP contribution in [0.15, 0.2) is 42.5 Å². The lowest BCUT2D eigenvalue weighted by Gasteiger charge is -2.20. The van der Waals surface area contributed by atoms with Gasteiger partial charge in [0.15, 0.2) is 5.75 Å². The van der Waals surface area contributed by atoms with Crippen molar-refractivity contribution in [2.24, 2.45) is 0 Å². The smallest absolute Gasteiger partial charge is 0.437 e. The lowest BCUT2D eigenvalue weighted by molar-refractivity contribution is -0.129. The summed E-state index contributed by atoms with van der Waals surface area (Å²) in [5, 5.41) is 1.26. The van der Waals surface area contributed by atoms with Crippen LogP contribution < -0.4 is 14.4 Å². The van der Waals surface area contributed by atoms with Crippen LogP contribution >= 0.6 is 0 Å². The first-order chi connectivity index (χ1) is 11.3. The number of esters is 1. The van der Waals surface area contributed by atoms with Crippen LogP contribution in [0.5, 0.6) is 11.5 Å². The molecule has 2 aromatic rings. The molecule has 0 unspecified atom stereocenters. The number of benzene rings is 2. The Morgan fingerprint density at radius 1 is 1.08 bits per heavy atom. The van der Waals surface area contributed by atoms with Crippen molar-refractivity contribution in [1.82, 2.24) is 0 Å². The molecule has 0 amide bonds. The van der Waals surface area contributed by atoms with E-state index < -0.39 is 12.1 Å². The largest absolute Gasteiger partial charge is 0.513 e. The molecule has 6 nitrogen and oxygen atoms in total. The van der Waals surface area contributed by atoms with Gasteiger partial charge in [-0.3, -0.25) is 0 Å². The maximum atomic E-state index is 12.0. The fourth-order valence-corrected chi connectivity index (χ4v) is 2.14. The molecule has 0 atom stereocenters. The molecule has 0 heterocycles. The predicted molar refractivity (Wildman–Crippen MR) is 91.8 cm³/mol. The molecule has 0 aliphatic carbocycles. The molecule has 6 heteroatoms. The van der Waals surface area contributed by atoms with Gasteiger partial charge in [-0.2, -0.15) is 0 Å². The van der Waals surface area contributed by atoms with Crippen molar-refractivity contribution < 1.29 is 23.8 Å². The van der Waals surface area contributed by atoms with Gasteiger partial charge < -0.3 is 19.1 Å². The Kier molecular flexibility index (Phi) is 5.08. The van der Waals surface area contributed by atoms with E-state index in [2.05, 4.69) is 11.3 Å². The first-order valence-corrected chi connectivity index (χ1v) is 7.21. The van der Waals surface area contributed by atoms with E-state index in [1.807, 2.05) is 6.07 Å². The van der Waals surface area contributed by atoms with Crippen LogP contribution in [0.4, 0.5) is 10.5 Å². The van der Waals surface area contributed by atoms with Crippen LogP contribution in [0.1, 0.15) is 6.92 Å². The van der Waals surface area contributed by atoms with Gasteiger partial charge in [-0.05, 0) is 6.92 Å². The summed E-state index contributed by atoms with van der Waals surface area (Å²) in [7, 11) is 4.83. The number of hydrogen-bond donors (Lipinski definition) is 0. The van der Waals surface area contributed by atoms with E-state index in [0.29, 0.717) is 33.5 Å². The van der Waals surface area contributed by atoms with Gasteiger partial charge in [0.2, 0.25) is 0 Å². The second-order valence-corrected chi connectivity index (χ2v) is 5.39. The highest BCUT2D eigenvalue weighted by Gasteiger charge is 2.20. The molecule has 2 aromatic carbocycles. The topological polar surface area (TPSA) is 65.1 Å². The Morgan fingerprint density at radius 2 is 1.71 bits per heavy atom. The van der Waals surface area contributed by atoms with Crippen LogP contribution in [0.2, 0.25) is 0 Å². The molecule has 0 bridgehead atoms. The summed E-state index contributed by atoms with van der Waals surface area (Å²) >= 11 is 0. The minimum absolute atomic E-state index is 0.290. The molecule has 0 aromatic heterocycles. The van der Waals surface area contributed by atoms with Gasteiger partial charge in [0, 0.05) is 36.5 Å². The molecule has 0 aliphatic heterocycles. The van der Waals surface area contributed by atoms with E-state index in [0.717, 1.165) is 0 Å². The summed E-state index contributed by atoms with van der Waals surface area (Å²) in [5.74, 6) is 0.168. The van der Waals surface area contributed by atoms with Gasteiger partial charge in [0.05, 0.1) is 12.8 Å². The summed E-state index contributed by atoms with van der Waals surface area (Å²) in [6, 6.07) is 8.78. The molecule has 0 saturated carbocycles. The third kappa shape index (κ3) is 3.48. The monoisotopic (exact) mass is 329 g/mol. The quantitative estimate of drug-likeness (QED) is 0.370. The van der Waals surface area contributed by atoms with E-state index in [9.17, 15) is 9.59 Å². The average Bonchev–Trinajstić information content (AvgIpc) is 2.56. The Labute approximate surface area is 140 Å². The number of rotatable bonds is 4. The van der Waals surface area contributed by atoms with Gasteiger partial charge >= 0.3 is 12.1 Å². The summed E-state index contributed by atoms with van der Waals surface area (Å²) < 4.78 is 15.3. The zero-order valence-electron chi connectivity index (χ0n) is 14.1. The van der Waals surface area contributed by atoms with Crippen molar-refractivity contribution in [3.63, 3.8) is 0 Å². The fraction of sp³-hybridized carbons (Fsp3) is 0.222. The van der Waals surface area contributed by atoms with Crippen LogP contribution in [-0.4, -0.2) is 33.3 Å². The van der Waals surface area contributed by atoms with Gasteiger partial charge in [0.1, 0.15) is 5.75 Å². The van der Waals surface area contributed by atoms with Crippen molar-refractivity contribution in [2.45, 2.75) is 6.92 Å². The normalized spacial score (nSPS) is 10.2. The minimum atomic E-state index is -0.823. The molecule has 24 heavy (non-hydrogen) atoms. The third-order valence-electron chi connectivity index (χ3n) is 3.32. The summed E-state index contributed by atoms with van der Waals surface area (Å²) in [6.45, 7) is 5.18. The van der Waals surface area contributed by atoms with Crippen LogP contribution in [0, 0.1) is 0 Å². The average molecular weight is 329 g/mol. The Morgan fingerprint density at radius 3 is 2.25 bits per heavy atom. The second kappa shape index (κ2) is 7.04. The Balaban J connectivity index is 2.70. The fourth-order valence-electron chi connectivity index (χ4n) is 2.14. The number of carbonyl (C=O) groups is 2. The van der Waals surface area contributed by atoms with E-state index in [1.54, 1.807) is 50.2 Å². The maximum Gasteiger partial charge on any atom is 0.513 e. The van der Waals surface area contributed by atoms with E-state index in [-0.39, 0.29) is 0 Å². The summed E-state index contributed by atoms with van der Waals surface area (Å²) in [6.07, 6.45) is -0.823. The third-order valence-corrected chi connectivity index (χ3v) is 3.32. The lowest BCUT2D eigenvalue weighted by Crippen LogP contribution is -2.16. The van der Waals surface area contributed by atoms with Gasteiger partial charge in [0.25, 0.3) is 0 Å². The van der Waals surface area contributed by atoms with Crippen molar-refractivity contribution in [2.75, 3.05) is 26.1 Å². The van der Waals surface area contributed by atoms with Crippen molar-refractivity contribution in [1.29, 1.82) is 0 Å². The van der Waals surface area contributed by atoms with Gasteiger partial charge in [-0.15, -0.1) is 0 Å². The number of carbonyl (C=O) groups excluding carboxylic acids is 2. The van der Waals surface area contributed by atoms with Crippen LogP contribution in [-0.2, 0) is 9.53 Å². The zero-order valence-corrected chi connectivity index (χ0v) is 14.1. The highest BCUT2D eigenvalue weighted by atomic mass is 16.7. The van der Waals surface area contributed by atoms with Crippen molar-refractivity contribution in [3.8, 4) is 11.5 Å². The molecule has 0 spiro atoms. The number of hydrogen-bond acceptors (Lipinski definition) is 6. The molecule has 0 saturated heterocycles. The standard InChI is InChI=1S/C18H19NO5/c1-11(2)17(20)24-16-13-9-7-6-8-12(13)15(23-18(21)22-5)10-14(16)19(3)4/h6-10H,1H2,2-5H3. The SMILES string of the molecule is C=C(C)C(=O)Oc1c(N(C)C)cc(OC(=O)OC)c2ccccc12. The highest BCUT2D eigenvalue weighted by Crippen LogP contribution is 2.41. The number of ether oxygens (including phenoxy) is 3. The molecule has 126 valence electrons. The van der Waals surface area contributed by atoms with Crippen LogP contribution in [0.25, 0.3) is 10.8 Å². The number of fused-ring (bicyclic) bond motifs is 1. The molecule has 2 rings (SSSR count). The molecular formula is C18H19NO5. The van der Waals surface area contributed by atoms with E-state index in [1.165, 1.54) is 7.11 Å². The van der Waals surface area contributed by atoms with E-state index >= 15 is 0 Å². The molecular weight excluding hydrogens is 310 g/mol. The number of nitrogens with zero attached hydrogens (tertiary/aromatic N) is 1. The molecule has 0 aliphatic rings. The first kappa shape index (κ1) is 17.3. The minimum Gasteiger partial charge on any atom is -0.437 e. The summed E-state index contributed by atoms with van der Waals surface area (Å²) in [4.78, 5) is 25.3. The molecule has 0 N–H and O–H groups in total. The lowest BCUT2D eigenvalue weighted by atomic mass is 10.1. The maximum absolute atomic E-state index is 12.0. The number of anilines is 1.